The highest BCUT2D eigenvalue weighted by Crippen LogP contribution is 2.33. The minimum atomic E-state index is -0.246. The molecular formula is C22H25FN2O3. The summed E-state index contributed by atoms with van der Waals surface area (Å²) < 4.78 is 30.1. The van der Waals surface area contributed by atoms with Gasteiger partial charge in [0.05, 0.1) is 19.4 Å². The Kier molecular flexibility index (Phi) is 5.76. The summed E-state index contributed by atoms with van der Waals surface area (Å²) in [5.74, 6) is 1.63. The molecule has 6 heteroatoms. The monoisotopic (exact) mass is 384 g/mol. The van der Waals surface area contributed by atoms with Gasteiger partial charge in [-0.25, -0.2) is 4.39 Å². The molecule has 0 N–H and O–H groups in total. The topological polar surface area (TPSA) is 47.7 Å². The van der Waals surface area contributed by atoms with Crippen molar-refractivity contribution in [2.45, 2.75) is 25.2 Å². The Balaban J connectivity index is 1.25. The van der Waals surface area contributed by atoms with Crippen LogP contribution in [0.3, 0.4) is 0 Å². The number of methoxy groups -OCH3 is 1. The number of piperidine rings is 1. The van der Waals surface area contributed by atoms with Crippen LogP contribution in [0.15, 0.2) is 47.0 Å². The van der Waals surface area contributed by atoms with Crippen LogP contribution in [-0.2, 0) is 0 Å². The quantitative estimate of drug-likeness (QED) is 0.556. The van der Waals surface area contributed by atoms with Crippen molar-refractivity contribution in [1.29, 1.82) is 0 Å². The van der Waals surface area contributed by atoms with Gasteiger partial charge in [0.2, 0.25) is 0 Å². The molecule has 2 heterocycles. The standard InChI is InChI=1S/C22H25FN2O3/c1-26-20-5-2-3-6-21(20)27-14-4-11-25-12-9-16(10-13-25)22-18-15-17(23)7-8-19(18)28-24-22/h2-3,5-8,15-16H,4,9-14H2,1H3. The fraction of sp³-hybridized carbons (Fsp3) is 0.409. The fourth-order valence-electron chi connectivity index (χ4n) is 3.86. The number of aromatic nitrogens is 1. The van der Waals surface area contributed by atoms with E-state index in [0.717, 1.165) is 61.5 Å². The van der Waals surface area contributed by atoms with Crippen LogP contribution in [-0.4, -0.2) is 43.4 Å². The summed E-state index contributed by atoms with van der Waals surface area (Å²) >= 11 is 0. The minimum Gasteiger partial charge on any atom is -0.493 e. The summed E-state index contributed by atoms with van der Waals surface area (Å²) in [6.45, 7) is 3.66. The first-order chi connectivity index (χ1) is 13.7. The summed E-state index contributed by atoms with van der Waals surface area (Å²) in [6.07, 6.45) is 2.97. The second-order valence-electron chi connectivity index (χ2n) is 7.18. The van der Waals surface area contributed by atoms with Crippen molar-refractivity contribution in [3.05, 3.63) is 54.0 Å². The molecular weight excluding hydrogens is 359 g/mol. The van der Waals surface area contributed by atoms with Gasteiger partial charge >= 0.3 is 0 Å². The molecule has 1 aliphatic heterocycles. The molecule has 28 heavy (non-hydrogen) atoms. The zero-order chi connectivity index (χ0) is 19.3. The molecule has 0 atom stereocenters. The van der Waals surface area contributed by atoms with Crippen LogP contribution in [0.1, 0.15) is 30.9 Å². The SMILES string of the molecule is COc1ccccc1OCCCN1CCC(c2noc3ccc(F)cc23)CC1. The van der Waals surface area contributed by atoms with E-state index in [1.54, 1.807) is 13.2 Å². The number of halogens is 1. The third kappa shape index (κ3) is 4.12. The number of benzene rings is 2. The summed E-state index contributed by atoms with van der Waals surface area (Å²) in [4.78, 5) is 2.45. The highest BCUT2D eigenvalue weighted by Gasteiger charge is 2.25. The number of hydrogen-bond donors (Lipinski definition) is 0. The highest BCUT2D eigenvalue weighted by molar-refractivity contribution is 5.79. The van der Waals surface area contributed by atoms with Crippen LogP contribution in [0.4, 0.5) is 4.39 Å². The molecule has 0 radical (unpaired) electrons. The van der Waals surface area contributed by atoms with Gasteiger partial charge in [-0.15, -0.1) is 0 Å². The lowest BCUT2D eigenvalue weighted by molar-refractivity contribution is 0.189. The van der Waals surface area contributed by atoms with Gasteiger partial charge < -0.3 is 18.9 Å². The average Bonchev–Trinajstić information content (AvgIpc) is 3.15. The van der Waals surface area contributed by atoms with E-state index in [4.69, 9.17) is 14.0 Å². The number of hydrogen-bond acceptors (Lipinski definition) is 5. The van der Waals surface area contributed by atoms with Crippen LogP contribution >= 0.6 is 0 Å². The predicted octanol–water partition coefficient (Wildman–Crippen LogP) is 4.62. The average molecular weight is 384 g/mol. The maximum absolute atomic E-state index is 13.6. The smallest absolute Gasteiger partial charge is 0.167 e. The summed E-state index contributed by atoms with van der Waals surface area (Å²) in [5, 5.41) is 5.03. The summed E-state index contributed by atoms with van der Waals surface area (Å²) in [6, 6.07) is 12.3. The molecule has 5 nitrogen and oxygen atoms in total. The molecule has 1 fully saturated rings. The zero-order valence-electron chi connectivity index (χ0n) is 16.1. The molecule has 0 unspecified atom stereocenters. The van der Waals surface area contributed by atoms with Gasteiger partial charge in [-0.1, -0.05) is 17.3 Å². The Labute approximate surface area is 164 Å². The predicted molar refractivity (Wildman–Crippen MR) is 105 cm³/mol. The van der Waals surface area contributed by atoms with E-state index in [1.165, 1.54) is 12.1 Å². The highest BCUT2D eigenvalue weighted by atomic mass is 19.1. The van der Waals surface area contributed by atoms with Gasteiger partial charge in [0.1, 0.15) is 5.82 Å². The van der Waals surface area contributed by atoms with Gasteiger partial charge in [-0.3, -0.25) is 0 Å². The van der Waals surface area contributed by atoms with E-state index < -0.39 is 0 Å². The maximum atomic E-state index is 13.6. The molecule has 1 saturated heterocycles. The Hall–Kier alpha value is -2.60. The number of nitrogens with zero attached hydrogens (tertiary/aromatic N) is 2. The fourth-order valence-corrected chi connectivity index (χ4v) is 3.86. The van der Waals surface area contributed by atoms with E-state index in [2.05, 4.69) is 10.1 Å². The van der Waals surface area contributed by atoms with Crippen molar-refractivity contribution < 1.29 is 18.4 Å². The van der Waals surface area contributed by atoms with Crippen molar-refractivity contribution in [2.75, 3.05) is 33.4 Å². The first-order valence-electron chi connectivity index (χ1n) is 9.77. The Morgan fingerprint density at radius 1 is 1.14 bits per heavy atom. The zero-order valence-corrected chi connectivity index (χ0v) is 16.1. The molecule has 0 amide bonds. The van der Waals surface area contributed by atoms with E-state index >= 15 is 0 Å². The van der Waals surface area contributed by atoms with Gasteiger partial charge in [0, 0.05) is 17.8 Å². The van der Waals surface area contributed by atoms with Crippen LogP contribution in [0.5, 0.6) is 11.5 Å². The molecule has 4 rings (SSSR count). The molecule has 0 spiro atoms. The third-order valence-electron chi connectivity index (χ3n) is 5.38. The van der Waals surface area contributed by atoms with E-state index in [0.29, 0.717) is 18.1 Å². The van der Waals surface area contributed by atoms with Crippen molar-refractivity contribution in [3.8, 4) is 11.5 Å². The van der Waals surface area contributed by atoms with E-state index in [-0.39, 0.29) is 5.82 Å². The van der Waals surface area contributed by atoms with E-state index in [9.17, 15) is 4.39 Å². The van der Waals surface area contributed by atoms with Crippen molar-refractivity contribution in [2.24, 2.45) is 0 Å². The number of fused-ring (bicyclic) bond motifs is 1. The molecule has 1 aliphatic rings. The van der Waals surface area contributed by atoms with Gasteiger partial charge in [-0.05, 0) is 62.7 Å². The van der Waals surface area contributed by atoms with Gasteiger partial charge in [0.15, 0.2) is 17.1 Å². The van der Waals surface area contributed by atoms with Crippen molar-refractivity contribution in [1.82, 2.24) is 10.1 Å². The molecule has 1 aromatic heterocycles. The first-order valence-corrected chi connectivity index (χ1v) is 9.77. The molecule has 0 aliphatic carbocycles. The van der Waals surface area contributed by atoms with Crippen molar-refractivity contribution >= 4 is 11.0 Å². The largest absolute Gasteiger partial charge is 0.493 e. The number of ether oxygens (including phenoxy) is 2. The van der Waals surface area contributed by atoms with Crippen LogP contribution < -0.4 is 9.47 Å². The third-order valence-corrected chi connectivity index (χ3v) is 5.38. The van der Waals surface area contributed by atoms with Crippen molar-refractivity contribution in [3.63, 3.8) is 0 Å². The second-order valence-corrected chi connectivity index (χ2v) is 7.18. The molecule has 3 aromatic rings. The molecule has 2 aromatic carbocycles. The number of para-hydroxylation sites is 2. The summed E-state index contributed by atoms with van der Waals surface area (Å²) in [7, 11) is 1.65. The first kappa shape index (κ1) is 18.7. The maximum Gasteiger partial charge on any atom is 0.167 e. The Morgan fingerprint density at radius 2 is 1.93 bits per heavy atom. The Bertz CT molecular complexity index is 919. The lowest BCUT2D eigenvalue weighted by Crippen LogP contribution is -2.34. The molecule has 148 valence electrons. The number of likely N-dealkylation sites (tertiary alicyclic amines) is 1. The van der Waals surface area contributed by atoms with Crippen LogP contribution in [0.2, 0.25) is 0 Å². The summed E-state index contributed by atoms with van der Waals surface area (Å²) in [5.41, 5.74) is 1.56. The minimum absolute atomic E-state index is 0.246. The molecule has 0 saturated carbocycles. The number of rotatable bonds is 7. The lowest BCUT2D eigenvalue weighted by atomic mass is 9.91. The van der Waals surface area contributed by atoms with E-state index in [1.807, 2.05) is 24.3 Å². The normalized spacial score (nSPS) is 15.8. The van der Waals surface area contributed by atoms with Crippen LogP contribution in [0, 0.1) is 5.82 Å². The lowest BCUT2D eigenvalue weighted by Gasteiger charge is -2.31. The Morgan fingerprint density at radius 3 is 2.71 bits per heavy atom. The van der Waals surface area contributed by atoms with Gasteiger partial charge in [0.25, 0.3) is 0 Å². The second kappa shape index (κ2) is 8.61. The van der Waals surface area contributed by atoms with Gasteiger partial charge in [-0.2, -0.15) is 0 Å². The van der Waals surface area contributed by atoms with Crippen LogP contribution in [0.25, 0.3) is 11.0 Å². The molecule has 0 bridgehead atoms.